The third-order valence-electron chi connectivity index (χ3n) is 15.7. The topological polar surface area (TPSA) is 0 Å². The second kappa shape index (κ2) is 13.9. The first kappa shape index (κ1) is 40.7. The Morgan fingerprint density at radius 1 is 0.303 bits per heavy atom. The number of hydrogen-bond acceptors (Lipinski definition) is 0. The van der Waals surface area contributed by atoms with Gasteiger partial charge in [-0.15, -0.1) is 0 Å². The molecule has 0 nitrogen and oxygen atoms in total. The van der Waals surface area contributed by atoms with E-state index in [1.54, 1.807) is 0 Å². The van der Waals surface area contributed by atoms with Crippen LogP contribution in [-0.4, -0.2) is 0 Å². The molecule has 0 spiro atoms. The van der Waals surface area contributed by atoms with Gasteiger partial charge in [0.05, 0.1) is 0 Å². The van der Waals surface area contributed by atoms with Crippen molar-refractivity contribution in [1.82, 2.24) is 0 Å². The summed E-state index contributed by atoms with van der Waals surface area (Å²) in [5.41, 5.74) is 23.9. The smallest absolute Gasteiger partial charge is 0.0159 e. The highest BCUT2D eigenvalue weighted by Crippen LogP contribution is 2.54. The van der Waals surface area contributed by atoms with Crippen molar-refractivity contribution in [3.8, 4) is 66.8 Å². The third kappa shape index (κ3) is 6.03. The van der Waals surface area contributed by atoms with E-state index < -0.39 is 0 Å². The fourth-order valence-corrected chi connectivity index (χ4v) is 11.8. The highest BCUT2D eigenvalue weighted by molar-refractivity contribution is 6.25. The van der Waals surface area contributed by atoms with Crippen LogP contribution in [0.15, 0.2) is 170 Å². The summed E-state index contributed by atoms with van der Waals surface area (Å²) < 4.78 is 0. The molecule has 0 fully saturated rings. The van der Waals surface area contributed by atoms with Gasteiger partial charge in [0.25, 0.3) is 0 Å². The SMILES string of the molecule is CC(C)(C)c1ccc2c(c1)C(C)(C)c1cc(-c3ccc4c(c3)C(C)(C)c3cc(-c5ccccc5-c5cccc(-c6ccc7ccc8cc(C(C)(C)C)cc9ccc6c7c89)c5)ccc3-4)ccc1-2.[HH]. The van der Waals surface area contributed by atoms with Crippen LogP contribution in [0.4, 0.5) is 0 Å². The van der Waals surface area contributed by atoms with Crippen LogP contribution < -0.4 is 0 Å². The second-order valence-electron chi connectivity index (χ2n) is 22.6. The van der Waals surface area contributed by atoms with E-state index in [9.17, 15) is 0 Å². The van der Waals surface area contributed by atoms with E-state index in [0.717, 1.165) is 0 Å². The summed E-state index contributed by atoms with van der Waals surface area (Å²) in [4.78, 5) is 0. The van der Waals surface area contributed by atoms with E-state index in [-0.39, 0.29) is 23.1 Å². The lowest BCUT2D eigenvalue weighted by molar-refractivity contribution is 0.584. The van der Waals surface area contributed by atoms with Gasteiger partial charge in [-0.3, -0.25) is 0 Å². The Bertz CT molecular complexity index is 3640. The van der Waals surface area contributed by atoms with Gasteiger partial charge in [-0.2, -0.15) is 0 Å². The van der Waals surface area contributed by atoms with Crippen LogP contribution in [-0.2, 0) is 21.7 Å². The maximum atomic E-state index is 2.48. The van der Waals surface area contributed by atoms with Crippen LogP contribution in [0.25, 0.3) is 99.1 Å². The molecule has 2 aliphatic carbocycles. The molecule has 0 heterocycles. The lowest BCUT2D eigenvalue weighted by atomic mass is 9.78. The summed E-state index contributed by atoms with van der Waals surface area (Å²) in [6.45, 7) is 23.5. The van der Waals surface area contributed by atoms with Crippen LogP contribution in [0.5, 0.6) is 0 Å². The van der Waals surface area contributed by atoms with Crippen LogP contribution in [0, 0.1) is 0 Å². The summed E-state index contributed by atoms with van der Waals surface area (Å²) >= 11 is 0. The van der Waals surface area contributed by atoms with E-state index in [1.165, 1.54) is 132 Å². The predicted octanol–water partition coefficient (Wildman–Crippen LogP) is 18.7. The average Bonchev–Trinajstić information content (AvgIpc) is 3.68. The average molecular weight is 853 g/mol. The molecule has 0 radical (unpaired) electrons. The zero-order chi connectivity index (χ0) is 45.7. The van der Waals surface area contributed by atoms with Crippen LogP contribution in [0.1, 0.15) is 104 Å². The molecule has 0 atom stereocenters. The largest absolute Gasteiger partial charge is 0.0616 e. The minimum atomic E-state index is -0.162. The zero-order valence-corrected chi connectivity index (χ0v) is 40.2. The summed E-state index contributed by atoms with van der Waals surface area (Å²) in [7, 11) is 0. The van der Waals surface area contributed by atoms with Crippen molar-refractivity contribution in [2.24, 2.45) is 0 Å². The number of benzene rings is 10. The summed E-state index contributed by atoms with van der Waals surface area (Å²) in [5, 5.41) is 7.97. The molecule has 0 heteroatoms. The maximum Gasteiger partial charge on any atom is 0.0159 e. The molecule has 0 unspecified atom stereocenters. The molecule has 66 heavy (non-hydrogen) atoms. The fraction of sp³-hybridized carbons (Fsp3) is 0.212. The van der Waals surface area contributed by atoms with E-state index in [1.807, 2.05) is 0 Å². The van der Waals surface area contributed by atoms with Crippen molar-refractivity contribution in [1.29, 1.82) is 0 Å². The van der Waals surface area contributed by atoms with E-state index in [0.29, 0.717) is 0 Å². The standard InChI is InChI=1S/C66H58.H2/c1-63(2,3)47-25-31-55-53-28-22-41(36-58(53)66(9,10)60(55)38-47)40-21-27-52-54-29-23-44(37-59(54)65(7,8)57(52)35-40)50-17-12-11-16-49(50)42-14-13-15-43(32-42)51-26-20-39-18-19-45-33-48(64(4,5)6)34-46-24-30-56(51)62(39)61(45)46;/h11-38H,1-10H3;1H. The molecular weight excluding hydrogens is 793 g/mol. The van der Waals surface area contributed by atoms with Gasteiger partial charge in [0.15, 0.2) is 0 Å². The normalized spacial score (nSPS) is 14.8. The van der Waals surface area contributed by atoms with E-state index >= 15 is 0 Å². The molecule has 2 aliphatic rings. The van der Waals surface area contributed by atoms with Crippen LogP contribution in [0.2, 0.25) is 0 Å². The Hall–Kier alpha value is -6.76. The molecule has 0 N–H and O–H groups in total. The Morgan fingerprint density at radius 3 is 1.29 bits per heavy atom. The van der Waals surface area contributed by atoms with Crippen LogP contribution >= 0.6 is 0 Å². The maximum absolute atomic E-state index is 2.48. The van der Waals surface area contributed by atoms with Crippen LogP contribution in [0.3, 0.4) is 0 Å². The molecular formula is C66H60. The van der Waals surface area contributed by atoms with Gasteiger partial charge < -0.3 is 0 Å². The Labute approximate surface area is 392 Å². The van der Waals surface area contributed by atoms with E-state index in [4.69, 9.17) is 0 Å². The lowest BCUT2D eigenvalue weighted by Gasteiger charge is -2.25. The summed E-state index contributed by atoms with van der Waals surface area (Å²) in [6.07, 6.45) is 0. The van der Waals surface area contributed by atoms with Crippen molar-refractivity contribution >= 4 is 32.3 Å². The van der Waals surface area contributed by atoms with Crippen molar-refractivity contribution in [3.05, 3.63) is 203 Å². The molecule has 10 aromatic carbocycles. The molecule has 0 aromatic heterocycles. The number of fused-ring (bicyclic) bond motifs is 6. The minimum Gasteiger partial charge on any atom is -0.0616 e. The highest BCUT2D eigenvalue weighted by atomic mass is 14.4. The van der Waals surface area contributed by atoms with Gasteiger partial charge in [-0.25, -0.2) is 0 Å². The monoisotopic (exact) mass is 852 g/mol. The molecule has 324 valence electrons. The third-order valence-corrected chi connectivity index (χ3v) is 15.7. The first-order valence-corrected chi connectivity index (χ1v) is 24.0. The molecule has 0 saturated carbocycles. The predicted molar refractivity (Wildman–Crippen MR) is 287 cm³/mol. The highest BCUT2D eigenvalue weighted by Gasteiger charge is 2.38. The first-order chi connectivity index (χ1) is 31.5. The number of rotatable bonds is 4. The van der Waals surface area contributed by atoms with Crippen molar-refractivity contribution in [3.63, 3.8) is 0 Å². The molecule has 0 saturated heterocycles. The summed E-state index contributed by atoms with van der Waals surface area (Å²) in [5.74, 6) is 0. The van der Waals surface area contributed by atoms with Gasteiger partial charge in [-0.1, -0.05) is 215 Å². The van der Waals surface area contributed by atoms with Gasteiger partial charge in [0, 0.05) is 12.3 Å². The van der Waals surface area contributed by atoms with Gasteiger partial charge in [-0.05, 0) is 168 Å². The molecule has 12 rings (SSSR count). The molecule has 0 amide bonds. The summed E-state index contributed by atoms with van der Waals surface area (Å²) in [6, 6.07) is 65.7. The quantitative estimate of drug-likeness (QED) is 0.155. The van der Waals surface area contributed by atoms with Crippen molar-refractivity contribution < 1.29 is 1.43 Å². The Morgan fingerprint density at radius 2 is 0.727 bits per heavy atom. The van der Waals surface area contributed by atoms with Crippen molar-refractivity contribution in [2.75, 3.05) is 0 Å². The Kier molecular flexibility index (Phi) is 8.57. The molecule has 10 aromatic rings. The lowest BCUT2D eigenvalue weighted by Crippen LogP contribution is -2.17. The van der Waals surface area contributed by atoms with E-state index in [2.05, 4.69) is 239 Å². The van der Waals surface area contributed by atoms with Gasteiger partial charge in [0.2, 0.25) is 0 Å². The Balaban J connectivity index is 0.00000494. The van der Waals surface area contributed by atoms with Gasteiger partial charge >= 0.3 is 0 Å². The zero-order valence-electron chi connectivity index (χ0n) is 40.2. The fourth-order valence-electron chi connectivity index (χ4n) is 11.8. The minimum absolute atomic E-state index is 0. The molecule has 0 aliphatic heterocycles. The molecule has 0 bridgehead atoms. The first-order valence-electron chi connectivity index (χ1n) is 24.0. The van der Waals surface area contributed by atoms with Crippen molar-refractivity contribution in [2.45, 2.75) is 90.9 Å². The number of hydrogen-bond donors (Lipinski definition) is 0. The van der Waals surface area contributed by atoms with Gasteiger partial charge in [0.1, 0.15) is 0 Å². The second-order valence-corrected chi connectivity index (χ2v) is 22.6.